The lowest BCUT2D eigenvalue weighted by atomic mass is 10.2. The molecule has 3 heterocycles. The summed E-state index contributed by atoms with van der Waals surface area (Å²) in [4.78, 5) is 21.6. The zero-order chi connectivity index (χ0) is 24.3. The molecular formula is C23H17ClF3N5OS. The van der Waals surface area contributed by atoms with Crippen LogP contribution in [0.15, 0.2) is 75.8 Å². The van der Waals surface area contributed by atoms with Gasteiger partial charge in [0.25, 0.3) is 5.56 Å². The van der Waals surface area contributed by atoms with Crippen molar-refractivity contribution >= 4 is 41.0 Å². The first-order chi connectivity index (χ1) is 16.2. The fraction of sp³-hybridized carbons (Fsp3) is 0.130. The number of nitrogens with one attached hydrogen (secondary N) is 1. The number of halogens is 4. The van der Waals surface area contributed by atoms with Gasteiger partial charge in [0, 0.05) is 18.1 Å². The summed E-state index contributed by atoms with van der Waals surface area (Å²) in [6, 6.07) is 14.1. The standard InChI is InChI=1S/C23H17ClF3N5OS/c1-14-6-5-9-32-20(14)30-21(34-13-15-7-3-2-4-8-15)17(22(32)33)12-29-31-19-18(24)10-16(11-28-19)23(25,26)27/h2-12H,13H2,1H3,(H,28,31)/b29-12+. The van der Waals surface area contributed by atoms with Crippen molar-refractivity contribution in [2.75, 3.05) is 5.43 Å². The highest BCUT2D eigenvalue weighted by Gasteiger charge is 2.31. The number of aromatic nitrogens is 3. The van der Waals surface area contributed by atoms with Crippen LogP contribution in [-0.2, 0) is 11.9 Å². The van der Waals surface area contributed by atoms with Crippen molar-refractivity contribution in [1.82, 2.24) is 14.4 Å². The summed E-state index contributed by atoms with van der Waals surface area (Å²) in [7, 11) is 0. The number of thioether (sulfide) groups is 1. The van der Waals surface area contributed by atoms with E-state index in [9.17, 15) is 18.0 Å². The van der Waals surface area contributed by atoms with E-state index in [0.29, 0.717) is 22.6 Å². The van der Waals surface area contributed by atoms with E-state index in [2.05, 4.69) is 20.5 Å². The van der Waals surface area contributed by atoms with Gasteiger partial charge in [0.05, 0.1) is 22.4 Å². The van der Waals surface area contributed by atoms with Gasteiger partial charge in [0.1, 0.15) is 10.7 Å². The summed E-state index contributed by atoms with van der Waals surface area (Å²) in [5.41, 5.74) is 3.84. The molecule has 0 radical (unpaired) electrons. The Hall–Kier alpha value is -3.37. The first-order valence-corrected chi connectivity index (χ1v) is 11.3. The van der Waals surface area contributed by atoms with Crippen LogP contribution in [0.4, 0.5) is 19.0 Å². The molecule has 1 N–H and O–H groups in total. The summed E-state index contributed by atoms with van der Waals surface area (Å²) < 4.78 is 39.9. The molecule has 1 aromatic carbocycles. The zero-order valence-corrected chi connectivity index (χ0v) is 19.2. The second kappa shape index (κ2) is 9.86. The monoisotopic (exact) mass is 503 g/mol. The van der Waals surface area contributed by atoms with Gasteiger partial charge >= 0.3 is 6.18 Å². The van der Waals surface area contributed by atoms with Gasteiger partial charge in [-0.05, 0) is 30.2 Å². The summed E-state index contributed by atoms with van der Waals surface area (Å²) in [5.74, 6) is 0.504. The summed E-state index contributed by atoms with van der Waals surface area (Å²) >= 11 is 7.29. The number of aryl methyl sites for hydroxylation is 1. The summed E-state index contributed by atoms with van der Waals surface area (Å²) in [5, 5.41) is 4.22. The van der Waals surface area contributed by atoms with E-state index in [0.717, 1.165) is 17.2 Å². The molecule has 0 aliphatic carbocycles. The number of hydrogen-bond acceptors (Lipinski definition) is 6. The van der Waals surface area contributed by atoms with E-state index >= 15 is 0 Å². The highest BCUT2D eigenvalue weighted by atomic mass is 35.5. The molecule has 0 aliphatic rings. The van der Waals surface area contributed by atoms with Crippen LogP contribution in [0.5, 0.6) is 0 Å². The molecule has 4 aromatic rings. The normalized spacial score (nSPS) is 11.9. The molecule has 0 bridgehead atoms. The number of benzene rings is 1. The van der Waals surface area contributed by atoms with Gasteiger partial charge in [-0.3, -0.25) is 14.6 Å². The third-order valence-corrected chi connectivity index (χ3v) is 6.15. The Morgan fingerprint density at radius 2 is 1.97 bits per heavy atom. The molecule has 0 spiro atoms. The van der Waals surface area contributed by atoms with Crippen LogP contribution in [0, 0.1) is 6.92 Å². The third kappa shape index (κ3) is 5.23. The van der Waals surface area contributed by atoms with E-state index in [4.69, 9.17) is 11.6 Å². The molecule has 3 aromatic heterocycles. The molecule has 0 amide bonds. The summed E-state index contributed by atoms with van der Waals surface area (Å²) in [6.07, 6.45) is -1.03. The maximum absolute atomic E-state index is 13.2. The van der Waals surface area contributed by atoms with Crippen molar-refractivity contribution in [3.05, 3.63) is 98.6 Å². The number of hydrogen-bond donors (Lipinski definition) is 1. The average Bonchev–Trinajstić information content (AvgIpc) is 2.81. The number of rotatable bonds is 6. The molecule has 0 unspecified atom stereocenters. The van der Waals surface area contributed by atoms with Gasteiger partial charge in [-0.2, -0.15) is 18.3 Å². The molecule has 11 heteroatoms. The minimum absolute atomic E-state index is 0.0749. The second-order valence-electron chi connectivity index (χ2n) is 7.22. The first kappa shape index (κ1) is 23.8. The van der Waals surface area contributed by atoms with E-state index in [1.165, 1.54) is 22.4 Å². The predicted molar refractivity (Wildman–Crippen MR) is 128 cm³/mol. The molecule has 174 valence electrons. The van der Waals surface area contributed by atoms with Crippen LogP contribution in [-0.4, -0.2) is 20.6 Å². The van der Waals surface area contributed by atoms with Crippen LogP contribution in [0.25, 0.3) is 5.65 Å². The quantitative estimate of drug-likeness (QED) is 0.156. The third-order valence-electron chi connectivity index (χ3n) is 4.80. The minimum atomic E-state index is -4.56. The zero-order valence-electron chi connectivity index (χ0n) is 17.7. The van der Waals surface area contributed by atoms with E-state index in [1.54, 1.807) is 12.3 Å². The molecule has 0 aliphatic heterocycles. The van der Waals surface area contributed by atoms with Gasteiger partial charge in [-0.15, -0.1) is 11.8 Å². The van der Waals surface area contributed by atoms with Crippen molar-refractivity contribution in [1.29, 1.82) is 0 Å². The number of fused-ring (bicyclic) bond motifs is 1. The van der Waals surface area contributed by atoms with Crippen molar-refractivity contribution in [3.63, 3.8) is 0 Å². The Labute approximate surface area is 201 Å². The van der Waals surface area contributed by atoms with Crippen molar-refractivity contribution in [2.24, 2.45) is 5.10 Å². The maximum Gasteiger partial charge on any atom is 0.417 e. The molecule has 6 nitrogen and oxygen atoms in total. The van der Waals surface area contributed by atoms with Crippen LogP contribution in [0.3, 0.4) is 0 Å². The highest BCUT2D eigenvalue weighted by Crippen LogP contribution is 2.32. The second-order valence-corrected chi connectivity index (χ2v) is 8.59. The number of hydrazone groups is 1. The summed E-state index contributed by atoms with van der Waals surface area (Å²) in [6.45, 7) is 1.86. The van der Waals surface area contributed by atoms with Crippen molar-refractivity contribution < 1.29 is 13.2 Å². The lowest BCUT2D eigenvalue weighted by Crippen LogP contribution is -2.21. The molecule has 0 saturated heterocycles. The molecule has 4 rings (SSSR count). The number of alkyl halides is 3. The Morgan fingerprint density at radius 3 is 2.68 bits per heavy atom. The predicted octanol–water partition coefficient (Wildman–Crippen LogP) is 5.81. The molecule has 0 saturated carbocycles. The van der Waals surface area contributed by atoms with Crippen LogP contribution < -0.4 is 11.0 Å². The van der Waals surface area contributed by atoms with Gasteiger partial charge in [-0.25, -0.2) is 9.97 Å². The van der Waals surface area contributed by atoms with Crippen LogP contribution in [0.1, 0.15) is 22.3 Å². The van der Waals surface area contributed by atoms with E-state index in [1.807, 2.05) is 43.3 Å². The molecular weight excluding hydrogens is 487 g/mol. The Bertz CT molecular complexity index is 1420. The van der Waals surface area contributed by atoms with E-state index < -0.39 is 11.7 Å². The average molecular weight is 504 g/mol. The largest absolute Gasteiger partial charge is 0.417 e. The number of nitrogens with zero attached hydrogens (tertiary/aromatic N) is 4. The first-order valence-electron chi connectivity index (χ1n) is 9.94. The lowest BCUT2D eigenvalue weighted by Gasteiger charge is -2.10. The topological polar surface area (TPSA) is 71.7 Å². The van der Waals surface area contributed by atoms with Gasteiger partial charge in [0.2, 0.25) is 0 Å². The molecule has 0 atom stereocenters. The molecule has 0 fully saturated rings. The lowest BCUT2D eigenvalue weighted by molar-refractivity contribution is -0.137. The smallest absolute Gasteiger partial charge is 0.268 e. The van der Waals surface area contributed by atoms with Gasteiger partial charge in [0.15, 0.2) is 5.82 Å². The number of anilines is 1. The van der Waals surface area contributed by atoms with Crippen LogP contribution >= 0.6 is 23.4 Å². The van der Waals surface area contributed by atoms with Crippen LogP contribution in [0.2, 0.25) is 5.02 Å². The van der Waals surface area contributed by atoms with Gasteiger partial charge < -0.3 is 0 Å². The fourth-order valence-electron chi connectivity index (χ4n) is 3.07. The fourth-order valence-corrected chi connectivity index (χ4v) is 4.22. The van der Waals surface area contributed by atoms with Crippen molar-refractivity contribution in [2.45, 2.75) is 23.9 Å². The minimum Gasteiger partial charge on any atom is -0.268 e. The van der Waals surface area contributed by atoms with E-state index in [-0.39, 0.29) is 22.0 Å². The van der Waals surface area contributed by atoms with Crippen molar-refractivity contribution in [3.8, 4) is 0 Å². The Kier molecular flexibility index (Phi) is 6.90. The Balaban J connectivity index is 1.67. The Morgan fingerprint density at radius 1 is 1.21 bits per heavy atom. The van der Waals surface area contributed by atoms with Gasteiger partial charge in [-0.1, -0.05) is 48.0 Å². The number of pyridine rings is 2. The highest BCUT2D eigenvalue weighted by molar-refractivity contribution is 7.98. The maximum atomic E-state index is 13.2. The molecule has 34 heavy (non-hydrogen) atoms. The SMILES string of the molecule is Cc1cccn2c(=O)c(/C=N/Nc3ncc(C(F)(F)F)cc3Cl)c(SCc3ccccc3)nc12.